The number of benzene rings is 3. The van der Waals surface area contributed by atoms with Crippen molar-refractivity contribution in [3.8, 4) is 23.0 Å². The highest BCUT2D eigenvalue weighted by atomic mass is 19.1. The maximum Gasteiger partial charge on any atom is 0.326 e. The number of pyridine rings is 1. The smallest absolute Gasteiger partial charge is 0.326 e. The Kier molecular flexibility index (Phi) is 7.01. The third-order valence-electron chi connectivity index (χ3n) is 5.57. The minimum absolute atomic E-state index is 0.308. The molecule has 4 aromatic rings. The molecular weight excluding hydrogens is 449 g/mol. The first-order chi connectivity index (χ1) is 16.9. The summed E-state index contributed by atoms with van der Waals surface area (Å²) in [7, 11) is 3.15. The van der Waals surface area contributed by atoms with Crippen LogP contribution in [0, 0.1) is 12.7 Å². The van der Waals surface area contributed by atoms with Gasteiger partial charge in [-0.05, 0) is 74.0 Å². The first-order valence-corrected chi connectivity index (χ1v) is 11.1. The molecule has 8 heteroatoms. The Labute approximate surface area is 203 Å². The highest BCUT2D eigenvalue weighted by molar-refractivity contribution is 6.02. The van der Waals surface area contributed by atoms with Crippen molar-refractivity contribution < 1.29 is 23.4 Å². The second-order valence-corrected chi connectivity index (χ2v) is 7.76. The lowest BCUT2D eigenvalue weighted by atomic mass is 10.1. The summed E-state index contributed by atoms with van der Waals surface area (Å²) in [5, 5.41) is 3.70. The molecule has 0 atom stereocenters. The Balaban J connectivity index is 1.55. The van der Waals surface area contributed by atoms with Gasteiger partial charge in [0, 0.05) is 35.6 Å². The number of aryl methyl sites for hydroxylation is 1. The number of fused-ring (bicyclic) bond motifs is 1. The molecule has 35 heavy (non-hydrogen) atoms. The summed E-state index contributed by atoms with van der Waals surface area (Å²) in [6, 6.07) is 16.3. The van der Waals surface area contributed by atoms with Gasteiger partial charge in [-0.3, -0.25) is 9.88 Å². The number of urea groups is 1. The molecule has 0 saturated carbocycles. The van der Waals surface area contributed by atoms with E-state index in [4.69, 9.17) is 14.2 Å². The van der Waals surface area contributed by atoms with Crippen LogP contribution in [0.2, 0.25) is 0 Å². The number of nitrogens with zero attached hydrogens (tertiary/aromatic N) is 2. The number of carbonyl (C=O) groups excluding carboxylic acids is 1. The van der Waals surface area contributed by atoms with Crippen molar-refractivity contribution in [1.82, 2.24) is 4.98 Å². The van der Waals surface area contributed by atoms with Gasteiger partial charge in [0.2, 0.25) is 0 Å². The van der Waals surface area contributed by atoms with E-state index in [9.17, 15) is 9.18 Å². The number of hydrogen-bond acceptors (Lipinski definition) is 5. The molecule has 0 aliphatic carbocycles. The van der Waals surface area contributed by atoms with Gasteiger partial charge in [-0.25, -0.2) is 9.18 Å². The zero-order valence-corrected chi connectivity index (χ0v) is 20.0. The molecular formula is C27H26FN3O4. The van der Waals surface area contributed by atoms with Crippen molar-refractivity contribution >= 4 is 28.3 Å². The molecule has 3 aromatic carbocycles. The molecule has 1 heterocycles. The number of hydrogen-bond donors (Lipinski definition) is 1. The van der Waals surface area contributed by atoms with Gasteiger partial charge in [0.1, 0.15) is 17.3 Å². The lowest BCUT2D eigenvalue weighted by molar-refractivity contribution is 0.257. The summed E-state index contributed by atoms with van der Waals surface area (Å²) in [6.45, 7) is 4.17. The van der Waals surface area contributed by atoms with Crippen molar-refractivity contribution in [3.05, 3.63) is 78.2 Å². The Morgan fingerprint density at radius 2 is 1.69 bits per heavy atom. The van der Waals surface area contributed by atoms with Crippen LogP contribution in [0.5, 0.6) is 23.0 Å². The molecule has 0 bridgehead atoms. The van der Waals surface area contributed by atoms with E-state index in [0.717, 1.165) is 10.9 Å². The number of amides is 2. The molecule has 0 radical (unpaired) electrons. The topological polar surface area (TPSA) is 72.9 Å². The molecule has 0 aliphatic rings. The lowest BCUT2D eigenvalue weighted by Gasteiger charge is -2.22. The van der Waals surface area contributed by atoms with Crippen LogP contribution < -0.4 is 24.4 Å². The van der Waals surface area contributed by atoms with Crippen molar-refractivity contribution in [2.45, 2.75) is 13.8 Å². The van der Waals surface area contributed by atoms with Gasteiger partial charge in [-0.15, -0.1) is 0 Å². The minimum Gasteiger partial charge on any atom is -0.493 e. The van der Waals surface area contributed by atoms with Gasteiger partial charge < -0.3 is 19.5 Å². The molecule has 180 valence electrons. The Morgan fingerprint density at radius 1 is 0.971 bits per heavy atom. The molecule has 0 saturated heterocycles. The van der Waals surface area contributed by atoms with Crippen LogP contribution in [0.4, 0.5) is 20.6 Å². The fourth-order valence-corrected chi connectivity index (χ4v) is 3.75. The van der Waals surface area contributed by atoms with Crippen molar-refractivity contribution in [1.29, 1.82) is 0 Å². The molecule has 0 spiro atoms. The summed E-state index contributed by atoms with van der Waals surface area (Å²) >= 11 is 0. The fourth-order valence-electron chi connectivity index (χ4n) is 3.75. The lowest BCUT2D eigenvalue weighted by Crippen LogP contribution is -2.34. The number of aromatic nitrogens is 1. The van der Waals surface area contributed by atoms with Crippen LogP contribution in [-0.2, 0) is 0 Å². The number of methoxy groups -OCH3 is 2. The maximum absolute atomic E-state index is 13.3. The first-order valence-electron chi connectivity index (χ1n) is 11.1. The minimum atomic E-state index is -0.351. The predicted octanol–water partition coefficient (Wildman–Crippen LogP) is 6.55. The van der Waals surface area contributed by atoms with Crippen LogP contribution in [0.25, 0.3) is 10.9 Å². The van der Waals surface area contributed by atoms with Crippen LogP contribution in [0.15, 0.2) is 66.9 Å². The van der Waals surface area contributed by atoms with E-state index in [1.54, 1.807) is 56.8 Å². The van der Waals surface area contributed by atoms with E-state index in [0.29, 0.717) is 46.4 Å². The van der Waals surface area contributed by atoms with Crippen LogP contribution in [0.1, 0.15) is 12.5 Å². The SMILES string of the molecule is CCN(C(=O)Nc1ccc(Oc2ccnc3cc(OC)c(OC)cc23)cc1C)c1ccc(F)cc1. The molecule has 1 N–H and O–H groups in total. The third-order valence-corrected chi connectivity index (χ3v) is 5.57. The molecule has 7 nitrogen and oxygen atoms in total. The molecule has 0 fully saturated rings. The monoisotopic (exact) mass is 475 g/mol. The summed E-state index contributed by atoms with van der Waals surface area (Å²) in [5.74, 6) is 2.03. The summed E-state index contributed by atoms with van der Waals surface area (Å²) < 4.78 is 30.2. The highest BCUT2D eigenvalue weighted by Crippen LogP contribution is 2.37. The van der Waals surface area contributed by atoms with E-state index < -0.39 is 0 Å². The average Bonchev–Trinajstić information content (AvgIpc) is 2.86. The van der Waals surface area contributed by atoms with Crippen molar-refractivity contribution in [2.75, 3.05) is 31.0 Å². The number of rotatable bonds is 7. The maximum atomic E-state index is 13.3. The predicted molar refractivity (Wildman–Crippen MR) is 135 cm³/mol. The Hall–Kier alpha value is -4.33. The normalized spacial score (nSPS) is 10.7. The second-order valence-electron chi connectivity index (χ2n) is 7.76. The zero-order chi connectivity index (χ0) is 24.9. The molecule has 4 rings (SSSR count). The van der Waals surface area contributed by atoms with Gasteiger partial charge in [0.05, 0.1) is 19.7 Å². The zero-order valence-electron chi connectivity index (χ0n) is 20.0. The summed E-state index contributed by atoms with van der Waals surface area (Å²) in [4.78, 5) is 18.8. The first kappa shape index (κ1) is 23.8. The summed E-state index contributed by atoms with van der Waals surface area (Å²) in [6.07, 6.45) is 1.67. The fraction of sp³-hybridized carbons (Fsp3) is 0.185. The largest absolute Gasteiger partial charge is 0.493 e. The van der Waals surface area contributed by atoms with E-state index >= 15 is 0 Å². The second kappa shape index (κ2) is 10.3. The van der Waals surface area contributed by atoms with Crippen molar-refractivity contribution in [2.24, 2.45) is 0 Å². The number of ether oxygens (including phenoxy) is 3. The van der Waals surface area contributed by atoms with Gasteiger partial charge >= 0.3 is 6.03 Å². The molecule has 2 amide bonds. The quantitative estimate of drug-likeness (QED) is 0.328. The number of halogens is 1. The third kappa shape index (κ3) is 5.11. The van der Waals surface area contributed by atoms with Gasteiger partial charge in [-0.1, -0.05) is 0 Å². The molecule has 0 unspecified atom stereocenters. The van der Waals surface area contributed by atoms with E-state index in [1.165, 1.54) is 17.0 Å². The van der Waals surface area contributed by atoms with Crippen molar-refractivity contribution in [3.63, 3.8) is 0 Å². The Bertz CT molecular complexity index is 1360. The van der Waals surface area contributed by atoms with Crippen LogP contribution in [0.3, 0.4) is 0 Å². The van der Waals surface area contributed by atoms with Gasteiger partial charge in [0.15, 0.2) is 11.5 Å². The van der Waals surface area contributed by atoms with E-state index in [2.05, 4.69) is 10.3 Å². The van der Waals surface area contributed by atoms with Crippen LogP contribution in [-0.4, -0.2) is 31.8 Å². The van der Waals surface area contributed by atoms with E-state index in [1.807, 2.05) is 26.0 Å². The average molecular weight is 476 g/mol. The highest BCUT2D eigenvalue weighted by Gasteiger charge is 2.16. The summed E-state index contributed by atoms with van der Waals surface area (Å²) in [5.41, 5.74) is 2.79. The standard InChI is InChI=1S/C27H26FN3O4/c1-5-31(19-8-6-18(28)7-9-19)27(32)30-22-11-10-20(14-17(22)2)35-24-12-13-29-23-16-26(34-4)25(33-3)15-21(23)24/h6-16H,5H2,1-4H3,(H,30,32). The number of carbonyl (C=O) groups is 1. The number of nitrogens with one attached hydrogen (secondary N) is 1. The van der Waals surface area contributed by atoms with Gasteiger partial charge in [0.25, 0.3) is 0 Å². The number of anilines is 2. The van der Waals surface area contributed by atoms with Crippen LogP contribution >= 0.6 is 0 Å². The molecule has 0 aliphatic heterocycles. The van der Waals surface area contributed by atoms with E-state index in [-0.39, 0.29) is 11.8 Å². The van der Waals surface area contributed by atoms with Gasteiger partial charge in [-0.2, -0.15) is 0 Å². The molecule has 1 aromatic heterocycles. The Morgan fingerprint density at radius 3 is 2.34 bits per heavy atom.